The van der Waals surface area contributed by atoms with Crippen molar-refractivity contribution in [2.24, 2.45) is 5.92 Å². The molecule has 2 rings (SSSR count). The molecule has 6 heteroatoms. The second-order valence-corrected chi connectivity index (χ2v) is 5.01. The number of halogens is 3. The Bertz CT molecular complexity index is 717. The molecule has 0 amide bonds. The Hall–Kier alpha value is -2.37. The molecule has 3 nitrogen and oxygen atoms in total. The standard InChI is InChI=1S/C17H15F3O3/c1-2-23-16(22)14(15(21)17(18,19)20)10-12-8-5-7-11-6-3-4-9-13(11)12/h3-9,14H,2,10H2,1H3. The predicted octanol–water partition coefficient (Wildman–Crippen LogP) is 3.69. The lowest BCUT2D eigenvalue weighted by Gasteiger charge is -2.17. The van der Waals surface area contributed by atoms with Gasteiger partial charge in [-0.05, 0) is 29.7 Å². The molecular weight excluding hydrogens is 309 g/mol. The highest BCUT2D eigenvalue weighted by Crippen LogP contribution is 2.27. The Balaban J connectivity index is 2.40. The van der Waals surface area contributed by atoms with Crippen molar-refractivity contribution in [1.82, 2.24) is 0 Å². The van der Waals surface area contributed by atoms with Crippen LogP contribution in [0.1, 0.15) is 12.5 Å². The molecule has 0 saturated carbocycles. The number of hydrogen-bond donors (Lipinski definition) is 0. The van der Waals surface area contributed by atoms with E-state index in [1.807, 2.05) is 12.1 Å². The zero-order valence-electron chi connectivity index (χ0n) is 12.4. The quantitative estimate of drug-likeness (QED) is 0.622. The summed E-state index contributed by atoms with van der Waals surface area (Å²) < 4.78 is 42.9. The lowest BCUT2D eigenvalue weighted by molar-refractivity contribution is -0.180. The molecule has 0 N–H and O–H groups in total. The summed E-state index contributed by atoms with van der Waals surface area (Å²) in [5, 5.41) is 1.53. The zero-order valence-corrected chi connectivity index (χ0v) is 12.4. The number of ketones is 1. The minimum absolute atomic E-state index is 0.0873. The van der Waals surface area contributed by atoms with Gasteiger partial charge in [-0.25, -0.2) is 0 Å². The topological polar surface area (TPSA) is 43.4 Å². The van der Waals surface area contributed by atoms with Gasteiger partial charge in [0.15, 0.2) is 0 Å². The van der Waals surface area contributed by atoms with Crippen LogP contribution < -0.4 is 0 Å². The fraction of sp³-hybridized carbons (Fsp3) is 0.294. The van der Waals surface area contributed by atoms with Gasteiger partial charge in [-0.2, -0.15) is 13.2 Å². The number of esters is 1. The van der Waals surface area contributed by atoms with Crippen LogP contribution in [0.5, 0.6) is 0 Å². The molecule has 0 saturated heterocycles. The Morgan fingerprint density at radius 1 is 1.09 bits per heavy atom. The molecule has 0 fully saturated rings. The molecule has 1 atom stereocenters. The van der Waals surface area contributed by atoms with E-state index in [2.05, 4.69) is 4.74 Å². The van der Waals surface area contributed by atoms with Gasteiger partial charge in [0.25, 0.3) is 5.78 Å². The summed E-state index contributed by atoms with van der Waals surface area (Å²) in [6.07, 6.45) is -5.43. The van der Waals surface area contributed by atoms with Crippen LogP contribution in [-0.4, -0.2) is 24.5 Å². The monoisotopic (exact) mass is 324 g/mol. The maximum absolute atomic E-state index is 12.8. The van der Waals surface area contributed by atoms with E-state index in [0.717, 1.165) is 5.39 Å². The van der Waals surface area contributed by atoms with Gasteiger partial charge in [0.2, 0.25) is 0 Å². The van der Waals surface area contributed by atoms with Crippen molar-refractivity contribution in [3.63, 3.8) is 0 Å². The molecule has 1 unspecified atom stereocenters. The third-order valence-electron chi connectivity index (χ3n) is 3.47. The zero-order chi connectivity index (χ0) is 17.0. The summed E-state index contributed by atoms with van der Waals surface area (Å²) >= 11 is 0. The largest absolute Gasteiger partial charge is 0.465 e. The average Bonchev–Trinajstić information content (AvgIpc) is 2.51. The van der Waals surface area contributed by atoms with E-state index >= 15 is 0 Å². The van der Waals surface area contributed by atoms with Crippen molar-refractivity contribution in [3.05, 3.63) is 48.0 Å². The molecule has 0 aliphatic heterocycles. The lowest BCUT2D eigenvalue weighted by atomic mass is 9.92. The number of ether oxygens (including phenoxy) is 1. The van der Waals surface area contributed by atoms with E-state index in [0.29, 0.717) is 10.9 Å². The summed E-state index contributed by atoms with van der Waals surface area (Å²) in [5.74, 6) is -5.12. The number of alkyl halides is 3. The fourth-order valence-corrected chi connectivity index (χ4v) is 2.41. The van der Waals surface area contributed by atoms with Crippen molar-refractivity contribution in [3.8, 4) is 0 Å². The van der Waals surface area contributed by atoms with Crippen LogP contribution in [0.25, 0.3) is 10.8 Å². The number of carbonyl (C=O) groups is 2. The molecule has 0 spiro atoms. The van der Waals surface area contributed by atoms with Gasteiger partial charge >= 0.3 is 12.1 Å². The van der Waals surface area contributed by atoms with Gasteiger partial charge in [0.05, 0.1) is 6.61 Å². The van der Waals surface area contributed by atoms with Crippen LogP contribution in [0, 0.1) is 5.92 Å². The first-order chi connectivity index (χ1) is 10.8. The normalized spacial score (nSPS) is 12.9. The first kappa shape index (κ1) is 17.0. The van der Waals surface area contributed by atoms with Crippen molar-refractivity contribution in [2.45, 2.75) is 19.5 Å². The minimum Gasteiger partial charge on any atom is -0.465 e. The number of hydrogen-bond acceptors (Lipinski definition) is 3. The fourth-order valence-electron chi connectivity index (χ4n) is 2.41. The third-order valence-corrected chi connectivity index (χ3v) is 3.47. The summed E-state index contributed by atoms with van der Waals surface area (Å²) in [7, 11) is 0. The second-order valence-electron chi connectivity index (χ2n) is 5.01. The van der Waals surface area contributed by atoms with Gasteiger partial charge in [-0.3, -0.25) is 9.59 Å². The highest BCUT2D eigenvalue weighted by atomic mass is 19.4. The predicted molar refractivity (Wildman–Crippen MR) is 78.8 cm³/mol. The van der Waals surface area contributed by atoms with E-state index < -0.39 is 23.8 Å². The highest BCUT2D eigenvalue weighted by molar-refractivity contribution is 6.02. The van der Waals surface area contributed by atoms with Gasteiger partial charge in [0, 0.05) is 0 Å². The maximum atomic E-state index is 12.8. The Kier molecular flexibility index (Phi) is 5.03. The van der Waals surface area contributed by atoms with Crippen LogP contribution in [0.2, 0.25) is 0 Å². The second kappa shape index (κ2) is 6.81. The number of carbonyl (C=O) groups excluding carboxylic acids is 2. The first-order valence-corrected chi connectivity index (χ1v) is 7.09. The maximum Gasteiger partial charge on any atom is 0.450 e. The number of Topliss-reactive ketones (excluding diaryl/α,β-unsaturated/α-hetero) is 1. The van der Waals surface area contributed by atoms with E-state index in [4.69, 9.17) is 0 Å². The molecule has 2 aromatic carbocycles. The lowest BCUT2D eigenvalue weighted by Crippen LogP contribution is -2.37. The van der Waals surface area contributed by atoms with Gasteiger partial charge in [-0.1, -0.05) is 42.5 Å². The van der Waals surface area contributed by atoms with Gasteiger partial charge < -0.3 is 4.74 Å². The van der Waals surface area contributed by atoms with Crippen LogP contribution in [0.4, 0.5) is 13.2 Å². The summed E-state index contributed by atoms with van der Waals surface area (Å²) in [6.45, 7) is 1.39. The number of rotatable bonds is 5. The number of benzene rings is 2. The minimum atomic E-state index is -5.08. The van der Waals surface area contributed by atoms with Gasteiger partial charge in [-0.15, -0.1) is 0 Å². The molecule has 0 aliphatic rings. The molecule has 0 heterocycles. The van der Waals surface area contributed by atoms with Crippen molar-refractivity contribution >= 4 is 22.5 Å². The van der Waals surface area contributed by atoms with E-state index in [1.54, 1.807) is 30.3 Å². The molecule has 0 aromatic heterocycles. The molecule has 0 bridgehead atoms. The molecular formula is C17H15F3O3. The van der Waals surface area contributed by atoms with Crippen LogP contribution in [-0.2, 0) is 20.7 Å². The van der Waals surface area contributed by atoms with E-state index in [9.17, 15) is 22.8 Å². The van der Waals surface area contributed by atoms with Crippen molar-refractivity contribution in [2.75, 3.05) is 6.61 Å². The molecule has 2 aromatic rings. The summed E-state index contributed by atoms with van der Waals surface area (Å²) in [4.78, 5) is 23.4. The summed E-state index contributed by atoms with van der Waals surface area (Å²) in [6, 6.07) is 12.2. The molecule has 0 radical (unpaired) electrons. The van der Waals surface area contributed by atoms with E-state index in [1.165, 1.54) is 6.92 Å². The third kappa shape index (κ3) is 3.88. The van der Waals surface area contributed by atoms with Crippen LogP contribution in [0.15, 0.2) is 42.5 Å². The van der Waals surface area contributed by atoms with Crippen molar-refractivity contribution < 1.29 is 27.5 Å². The Labute approximate surface area is 131 Å². The van der Waals surface area contributed by atoms with Crippen LogP contribution >= 0.6 is 0 Å². The van der Waals surface area contributed by atoms with E-state index in [-0.39, 0.29) is 13.0 Å². The smallest absolute Gasteiger partial charge is 0.450 e. The Morgan fingerprint density at radius 2 is 1.74 bits per heavy atom. The molecule has 23 heavy (non-hydrogen) atoms. The van der Waals surface area contributed by atoms with Crippen molar-refractivity contribution in [1.29, 1.82) is 0 Å². The molecule has 122 valence electrons. The molecule has 0 aliphatic carbocycles. The van der Waals surface area contributed by atoms with Crippen LogP contribution in [0.3, 0.4) is 0 Å². The summed E-state index contributed by atoms with van der Waals surface area (Å²) in [5.41, 5.74) is 0.499. The average molecular weight is 324 g/mol. The Morgan fingerprint density at radius 3 is 2.39 bits per heavy atom. The van der Waals surface area contributed by atoms with Gasteiger partial charge in [0.1, 0.15) is 5.92 Å². The highest BCUT2D eigenvalue weighted by Gasteiger charge is 2.46. The first-order valence-electron chi connectivity index (χ1n) is 7.09. The number of fused-ring (bicyclic) bond motifs is 1. The SMILES string of the molecule is CCOC(=O)C(Cc1cccc2ccccc12)C(=O)C(F)(F)F.